The van der Waals surface area contributed by atoms with E-state index in [0.717, 1.165) is 24.1 Å². The average Bonchev–Trinajstić information content (AvgIpc) is 3.09. The minimum Gasteiger partial charge on any atom is -0.446 e. The van der Waals surface area contributed by atoms with Crippen molar-refractivity contribution in [3.05, 3.63) is 65.3 Å². The van der Waals surface area contributed by atoms with E-state index in [4.69, 9.17) is 4.74 Å². The molecule has 0 spiro atoms. The van der Waals surface area contributed by atoms with Crippen molar-refractivity contribution in [1.29, 1.82) is 0 Å². The third-order valence-corrected chi connectivity index (χ3v) is 4.48. The fourth-order valence-corrected chi connectivity index (χ4v) is 3.28. The number of ether oxygens (including phenoxy) is 1. The van der Waals surface area contributed by atoms with Gasteiger partial charge in [-0.1, -0.05) is 25.2 Å². The van der Waals surface area contributed by atoms with Crippen LogP contribution in [0, 0.1) is 11.6 Å². The quantitative estimate of drug-likeness (QED) is 0.762. The van der Waals surface area contributed by atoms with Gasteiger partial charge in [0.2, 0.25) is 0 Å². The lowest BCUT2D eigenvalue weighted by molar-refractivity contribution is 0.161. The summed E-state index contributed by atoms with van der Waals surface area (Å²) in [7, 11) is 0. The molecule has 1 aromatic carbocycles. The molecular formula is C19H19F2NO2. The van der Waals surface area contributed by atoms with Crippen molar-refractivity contribution in [2.24, 2.45) is 0 Å². The number of amides is 1. The number of hydrogen-bond acceptors (Lipinski definition) is 2. The Morgan fingerprint density at radius 2 is 2.21 bits per heavy atom. The molecule has 2 aliphatic rings. The number of nitrogens with zero attached hydrogens (tertiary/aromatic N) is 1. The van der Waals surface area contributed by atoms with Crippen molar-refractivity contribution in [3.63, 3.8) is 0 Å². The smallest absolute Gasteiger partial charge is 0.411 e. The van der Waals surface area contributed by atoms with Crippen LogP contribution in [0.1, 0.15) is 25.8 Å². The maximum atomic E-state index is 14.1. The molecule has 0 saturated carbocycles. The van der Waals surface area contributed by atoms with Crippen LogP contribution in [0.4, 0.5) is 13.6 Å². The number of fused-ring (bicyclic) bond motifs is 1. The highest BCUT2D eigenvalue weighted by atomic mass is 19.1. The highest BCUT2D eigenvalue weighted by Gasteiger charge is 2.51. The Kier molecular flexibility index (Phi) is 4.26. The number of benzene rings is 1. The summed E-state index contributed by atoms with van der Waals surface area (Å²) < 4.78 is 32.9. The SMILES string of the molecule is C/C=C(\C=C/CC)[C@]12C=C(c3cc(F)ccc3F)CN1C(=O)OC2. The summed E-state index contributed by atoms with van der Waals surface area (Å²) >= 11 is 0. The van der Waals surface area contributed by atoms with Gasteiger partial charge in [-0.25, -0.2) is 13.6 Å². The van der Waals surface area contributed by atoms with Crippen LogP contribution in [0.5, 0.6) is 0 Å². The Morgan fingerprint density at radius 3 is 2.92 bits per heavy atom. The Morgan fingerprint density at radius 1 is 1.42 bits per heavy atom. The number of rotatable bonds is 4. The van der Waals surface area contributed by atoms with E-state index in [-0.39, 0.29) is 18.7 Å². The normalized spacial score (nSPS) is 23.7. The van der Waals surface area contributed by atoms with Gasteiger partial charge < -0.3 is 4.74 Å². The van der Waals surface area contributed by atoms with E-state index in [1.807, 2.05) is 38.2 Å². The molecule has 0 unspecified atom stereocenters. The maximum absolute atomic E-state index is 14.1. The number of carbonyl (C=O) groups excluding carboxylic acids is 1. The summed E-state index contributed by atoms with van der Waals surface area (Å²) in [6.45, 7) is 4.27. The topological polar surface area (TPSA) is 29.5 Å². The van der Waals surface area contributed by atoms with E-state index in [1.54, 1.807) is 4.90 Å². The van der Waals surface area contributed by atoms with E-state index in [1.165, 1.54) is 6.07 Å². The summed E-state index contributed by atoms with van der Waals surface area (Å²) in [5.74, 6) is -1.01. The molecule has 3 nitrogen and oxygen atoms in total. The minimum atomic E-state index is -0.758. The van der Waals surface area contributed by atoms with Gasteiger partial charge in [0.15, 0.2) is 0 Å². The van der Waals surface area contributed by atoms with Gasteiger partial charge in [0.05, 0.1) is 6.54 Å². The zero-order chi connectivity index (χ0) is 17.3. The fourth-order valence-electron chi connectivity index (χ4n) is 3.28. The van der Waals surface area contributed by atoms with Gasteiger partial charge in [-0.2, -0.15) is 0 Å². The lowest BCUT2D eigenvalue weighted by atomic mass is 9.89. The van der Waals surface area contributed by atoms with Crippen LogP contribution in [0.25, 0.3) is 5.57 Å². The number of hydrogen-bond donors (Lipinski definition) is 0. The van der Waals surface area contributed by atoms with E-state index in [2.05, 4.69) is 0 Å². The molecule has 1 atom stereocenters. The number of carbonyl (C=O) groups is 1. The standard InChI is InChI=1S/C19H19F2NO2/c1-3-5-6-14(4-2)19-10-13(11-22(19)18(23)24-12-19)16-9-15(20)7-8-17(16)21/h4-10H,3,11-12H2,1-2H3/b6-5-,14-4+/t19-/m1/s1. The maximum Gasteiger partial charge on any atom is 0.411 e. The molecule has 0 radical (unpaired) electrons. The number of cyclic esters (lactones) is 1. The second kappa shape index (κ2) is 6.23. The molecule has 0 aromatic heterocycles. The molecule has 24 heavy (non-hydrogen) atoms. The molecule has 5 heteroatoms. The van der Waals surface area contributed by atoms with Crippen LogP contribution < -0.4 is 0 Å². The lowest BCUT2D eigenvalue weighted by Gasteiger charge is -2.29. The fraction of sp³-hybridized carbons (Fsp3) is 0.316. The predicted octanol–water partition coefficient (Wildman–Crippen LogP) is 4.47. The second-order valence-corrected chi connectivity index (χ2v) is 5.91. The molecule has 1 aromatic rings. The molecule has 1 amide bonds. The molecule has 0 N–H and O–H groups in total. The zero-order valence-electron chi connectivity index (χ0n) is 13.7. The summed E-state index contributed by atoms with van der Waals surface area (Å²) in [6.07, 6.45) is 8.11. The van der Waals surface area contributed by atoms with E-state index >= 15 is 0 Å². The third kappa shape index (κ3) is 2.54. The number of halogens is 2. The van der Waals surface area contributed by atoms with Crippen LogP contribution >= 0.6 is 0 Å². The summed E-state index contributed by atoms with van der Waals surface area (Å²) in [5, 5.41) is 0. The van der Waals surface area contributed by atoms with Crippen LogP contribution in [0.15, 0.2) is 48.1 Å². The third-order valence-electron chi connectivity index (χ3n) is 4.48. The molecule has 1 saturated heterocycles. The van der Waals surface area contributed by atoms with Crippen molar-refractivity contribution in [2.45, 2.75) is 25.8 Å². The molecule has 1 fully saturated rings. The Labute approximate surface area is 139 Å². The van der Waals surface area contributed by atoms with E-state index in [0.29, 0.717) is 5.57 Å². The van der Waals surface area contributed by atoms with Crippen molar-refractivity contribution >= 4 is 11.7 Å². The Balaban J connectivity index is 2.09. The number of allylic oxidation sites excluding steroid dienone is 2. The van der Waals surface area contributed by atoms with Gasteiger partial charge in [-0.05, 0) is 48.8 Å². The Hall–Kier alpha value is -2.43. The Bertz CT molecular complexity index is 767. The monoisotopic (exact) mass is 331 g/mol. The molecule has 2 heterocycles. The van der Waals surface area contributed by atoms with Gasteiger partial charge in [-0.15, -0.1) is 0 Å². The average molecular weight is 331 g/mol. The second-order valence-electron chi connectivity index (χ2n) is 5.91. The van der Waals surface area contributed by atoms with Crippen LogP contribution in [-0.4, -0.2) is 29.7 Å². The van der Waals surface area contributed by atoms with Crippen molar-refractivity contribution in [2.75, 3.05) is 13.2 Å². The highest BCUT2D eigenvalue weighted by molar-refractivity contribution is 5.84. The molecule has 126 valence electrons. The van der Waals surface area contributed by atoms with E-state index < -0.39 is 23.3 Å². The van der Waals surface area contributed by atoms with Crippen LogP contribution in [0.3, 0.4) is 0 Å². The van der Waals surface area contributed by atoms with Gasteiger partial charge in [0, 0.05) is 5.56 Å². The first kappa shape index (κ1) is 16.4. The largest absolute Gasteiger partial charge is 0.446 e. The van der Waals surface area contributed by atoms with E-state index in [9.17, 15) is 13.6 Å². The van der Waals surface area contributed by atoms with Gasteiger partial charge in [0.25, 0.3) is 0 Å². The van der Waals surface area contributed by atoms with Crippen LogP contribution in [0.2, 0.25) is 0 Å². The molecular weight excluding hydrogens is 312 g/mol. The molecule has 0 bridgehead atoms. The molecule has 2 aliphatic heterocycles. The lowest BCUT2D eigenvalue weighted by Crippen LogP contribution is -2.43. The van der Waals surface area contributed by atoms with Crippen LogP contribution in [-0.2, 0) is 4.74 Å². The first-order valence-electron chi connectivity index (χ1n) is 7.96. The zero-order valence-corrected chi connectivity index (χ0v) is 13.7. The predicted molar refractivity (Wildman–Crippen MR) is 88.3 cm³/mol. The first-order valence-corrected chi connectivity index (χ1v) is 7.96. The summed E-state index contributed by atoms with van der Waals surface area (Å²) in [5.41, 5.74) is 0.924. The summed E-state index contributed by atoms with van der Waals surface area (Å²) in [4.78, 5) is 13.7. The van der Waals surface area contributed by atoms with Crippen molar-refractivity contribution in [3.8, 4) is 0 Å². The van der Waals surface area contributed by atoms with Gasteiger partial charge in [0.1, 0.15) is 23.8 Å². The molecule has 0 aliphatic carbocycles. The molecule has 3 rings (SSSR count). The van der Waals surface area contributed by atoms with Crippen molar-refractivity contribution < 1.29 is 18.3 Å². The first-order chi connectivity index (χ1) is 11.5. The van der Waals surface area contributed by atoms with Crippen molar-refractivity contribution in [1.82, 2.24) is 4.90 Å². The minimum absolute atomic E-state index is 0.167. The highest BCUT2D eigenvalue weighted by Crippen LogP contribution is 2.42. The summed E-state index contributed by atoms with van der Waals surface area (Å²) in [6, 6.07) is 3.36. The van der Waals surface area contributed by atoms with Gasteiger partial charge >= 0.3 is 6.09 Å². The van der Waals surface area contributed by atoms with Gasteiger partial charge in [-0.3, -0.25) is 4.90 Å².